The van der Waals surface area contributed by atoms with E-state index in [2.05, 4.69) is 0 Å². The molecule has 1 atom stereocenters. The minimum absolute atomic E-state index is 0.273. The maximum absolute atomic E-state index is 13.5. The SMILES string of the molecule is O=C(Oc1ccccc1)C(F)Oc1ccccc1. The fourth-order valence-electron chi connectivity index (χ4n) is 1.32. The molecule has 3 nitrogen and oxygen atoms in total. The highest BCUT2D eigenvalue weighted by Crippen LogP contribution is 2.14. The fourth-order valence-corrected chi connectivity index (χ4v) is 1.32. The predicted molar refractivity (Wildman–Crippen MR) is 64.0 cm³/mol. The zero-order valence-corrected chi connectivity index (χ0v) is 9.45. The van der Waals surface area contributed by atoms with Crippen LogP contribution >= 0.6 is 0 Å². The Kier molecular flexibility index (Phi) is 3.91. The van der Waals surface area contributed by atoms with Crippen molar-refractivity contribution in [1.29, 1.82) is 0 Å². The van der Waals surface area contributed by atoms with Crippen LogP contribution in [0.4, 0.5) is 4.39 Å². The fraction of sp³-hybridized carbons (Fsp3) is 0.0714. The molecular formula is C14H11FO3. The molecule has 2 rings (SSSR count). The zero-order chi connectivity index (χ0) is 12.8. The number of ether oxygens (including phenoxy) is 2. The molecule has 0 aliphatic heterocycles. The molecule has 0 saturated carbocycles. The van der Waals surface area contributed by atoms with Crippen molar-refractivity contribution in [3.8, 4) is 11.5 Å². The molecule has 4 heteroatoms. The van der Waals surface area contributed by atoms with Gasteiger partial charge in [0.1, 0.15) is 11.5 Å². The summed E-state index contributed by atoms with van der Waals surface area (Å²) in [4.78, 5) is 11.4. The topological polar surface area (TPSA) is 35.5 Å². The van der Waals surface area contributed by atoms with Crippen LogP contribution in [0.1, 0.15) is 0 Å². The number of alkyl halides is 1. The summed E-state index contributed by atoms with van der Waals surface area (Å²) in [6.07, 6.45) is -2.15. The molecular weight excluding hydrogens is 235 g/mol. The molecule has 0 amide bonds. The number of carbonyl (C=O) groups excluding carboxylic acids is 1. The van der Waals surface area contributed by atoms with Crippen molar-refractivity contribution < 1.29 is 18.7 Å². The van der Waals surface area contributed by atoms with Gasteiger partial charge < -0.3 is 9.47 Å². The molecule has 2 aromatic rings. The number of carbonyl (C=O) groups is 1. The number of rotatable bonds is 4. The van der Waals surface area contributed by atoms with Crippen LogP contribution in [0.15, 0.2) is 60.7 Å². The van der Waals surface area contributed by atoms with Gasteiger partial charge in [0.25, 0.3) is 0 Å². The Hall–Kier alpha value is -2.36. The van der Waals surface area contributed by atoms with E-state index in [1.165, 1.54) is 0 Å². The number of para-hydroxylation sites is 2. The number of benzene rings is 2. The maximum atomic E-state index is 13.5. The van der Waals surface area contributed by atoms with Gasteiger partial charge in [0.15, 0.2) is 0 Å². The van der Waals surface area contributed by atoms with Gasteiger partial charge in [0, 0.05) is 0 Å². The van der Waals surface area contributed by atoms with E-state index in [4.69, 9.17) is 9.47 Å². The summed E-state index contributed by atoms with van der Waals surface area (Å²) >= 11 is 0. The molecule has 0 radical (unpaired) electrons. The van der Waals surface area contributed by atoms with E-state index < -0.39 is 12.3 Å². The van der Waals surface area contributed by atoms with Crippen molar-refractivity contribution in [2.75, 3.05) is 0 Å². The summed E-state index contributed by atoms with van der Waals surface area (Å²) in [6.45, 7) is 0. The third-order valence-corrected chi connectivity index (χ3v) is 2.13. The van der Waals surface area contributed by atoms with Crippen molar-refractivity contribution >= 4 is 5.97 Å². The van der Waals surface area contributed by atoms with E-state index in [1.807, 2.05) is 0 Å². The zero-order valence-electron chi connectivity index (χ0n) is 9.45. The Bertz CT molecular complexity index is 499. The Balaban J connectivity index is 1.93. The molecule has 18 heavy (non-hydrogen) atoms. The Morgan fingerprint density at radius 1 is 0.889 bits per heavy atom. The smallest absolute Gasteiger partial charge is 0.386 e. The summed E-state index contributed by atoms with van der Waals surface area (Å²) in [7, 11) is 0. The van der Waals surface area contributed by atoms with E-state index in [0.29, 0.717) is 0 Å². The van der Waals surface area contributed by atoms with Crippen molar-refractivity contribution in [1.82, 2.24) is 0 Å². The van der Waals surface area contributed by atoms with Gasteiger partial charge in [-0.15, -0.1) is 0 Å². The van der Waals surface area contributed by atoms with Gasteiger partial charge in [-0.2, -0.15) is 4.39 Å². The molecule has 0 heterocycles. The summed E-state index contributed by atoms with van der Waals surface area (Å²) in [6, 6.07) is 16.5. The molecule has 0 fully saturated rings. The number of hydrogen-bond donors (Lipinski definition) is 0. The molecule has 0 spiro atoms. The molecule has 0 aliphatic rings. The average Bonchev–Trinajstić information content (AvgIpc) is 2.41. The first-order chi connectivity index (χ1) is 8.75. The van der Waals surface area contributed by atoms with Gasteiger partial charge in [0.05, 0.1) is 0 Å². The molecule has 0 N–H and O–H groups in total. The van der Waals surface area contributed by atoms with Gasteiger partial charge in [-0.1, -0.05) is 36.4 Å². The lowest BCUT2D eigenvalue weighted by atomic mass is 10.3. The lowest BCUT2D eigenvalue weighted by molar-refractivity contribution is -0.150. The normalized spacial score (nSPS) is 11.6. The van der Waals surface area contributed by atoms with Crippen LogP contribution in [0.3, 0.4) is 0 Å². The summed E-state index contributed by atoms with van der Waals surface area (Å²) < 4.78 is 23.1. The predicted octanol–water partition coefficient (Wildman–Crippen LogP) is 2.97. The molecule has 0 aliphatic carbocycles. The second-order valence-corrected chi connectivity index (χ2v) is 3.48. The molecule has 0 bridgehead atoms. The van der Waals surface area contributed by atoms with E-state index in [0.717, 1.165) is 0 Å². The summed E-state index contributed by atoms with van der Waals surface area (Å²) in [5.41, 5.74) is 0. The van der Waals surface area contributed by atoms with Crippen molar-refractivity contribution in [3.63, 3.8) is 0 Å². The van der Waals surface area contributed by atoms with Gasteiger partial charge >= 0.3 is 12.3 Å². The van der Waals surface area contributed by atoms with Crippen LogP contribution in [0.2, 0.25) is 0 Å². The first-order valence-corrected chi connectivity index (χ1v) is 5.38. The van der Waals surface area contributed by atoms with Crippen LogP contribution in [-0.2, 0) is 4.79 Å². The quantitative estimate of drug-likeness (QED) is 0.614. The number of halogens is 1. The van der Waals surface area contributed by atoms with E-state index in [-0.39, 0.29) is 11.5 Å². The molecule has 0 saturated heterocycles. The van der Waals surface area contributed by atoms with Crippen LogP contribution in [-0.4, -0.2) is 12.3 Å². The van der Waals surface area contributed by atoms with Gasteiger partial charge in [-0.25, -0.2) is 4.79 Å². The lowest BCUT2D eigenvalue weighted by Crippen LogP contribution is -2.27. The van der Waals surface area contributed by atoms with Crippen molar-refractivity contribution in [2.45, 2.75) is 6.36 Å². The van der Waals surface area contributed by atoms with Gasteiger partial charge in [-0.3, -0.25) is 0 Å². The van der Waals surface area contributed by atoms with Crippen LogP contribution in [0, 0.1) is 0 Å². The third kappa shape index (κ3) is 3.31. The van der Waals surface area contributed by atoms with Gasteiger partial charge in [0.2, 0.25) is 0 Å². The Morgan fingerprint density at radius 2 is 1.39 bits per heavy atom. The average molecular weight is 246 g/mol. The highest BCUT2D eigenvalue weighted by Gasteiger charge is 2.21. The highest BCUT2D eigenvalue weighted by atomic mass is 19.1. The Morgan fingerprint density at radius 3 is 1.94 bits per heavy atom. The minimum atomic E-state index is -2.15. The summed E-state index contributed by atoms with van der Waals surface area (Å²) in [5, 5.41) is 0. The monoisotopic (exact) mass is 246 g/mol. The molecule has 0 aromatic heterocycles. The highest BCUT2D eigenvalue weighted by molar-refractivity contribution is 5.76. The first kappa shape index (κ1) is 12.1. The van der Waals surface area contributed by atoms with Crippen LogP contribution in [0.25, 0.3) is 0 Å². The second-order valence-electron chi connectivity index (χ2n) is 3.48. The summed E-state index contributed by atoms with van der Waals surface area (Å²) in [5.74, 6) is -0.526. The standard InChI is InChI=1S/C14H11FO3/c15-13(17-11-7-3-1-4-8-11)14(16)18-12-9-5-2-6-10-12/h1-10,13H. The molecule has 2 aromatic carbocycles. The van der Waals surface area contributed by atoms with Gasteiger partial charge in [-0.05, 0) is 24.3 Å². The minimum Gasteiger partial charge on any atom is -0.451 e. The second kappa shape index (κ2) is 5.82. The Labute approximate surface area is 104 Å². The third-order valence-electron chi connectivity index (χ3n) is 2.13. The lowest BCUT2D eigenvalue weighted by Gasteiger charge is -2.10. The van der Waals surface area contributed by atoms with E-state index >= 15 is 0 Å². The maximum Gasteiger partial charge on any atom is 0.386 e. The molecule has 1 unspecified atom stereocenters. The number of hydrogen-bond acceptors (Lipinski definition) is 3. The number of esters is 1. The van der Waals surface area contributed by atoms with E-state index in [9.17, 15) is 9.18 Å². The van der Waals surface area contributed by atoms with Crippen LogP contribution < -0.4 is 9.47 Å². The molecule has 92 valence electrons. The van der Waals surface area contributed by atoms with Crippen LogP contribution in [0.5, 0.6) is 11.5 Å². The van der Waals surface area contributed by atoms with Crippen molar-refractivity contribution in [3.05, 3.63) is 60.7 Å². The van der Waals surface area contributed by atoms with Crippen molar-refractivity contribution in [2.24, 2.45) is 0 Å². The largest absolute Gasteiger partial charge is 0.451 e. The first-order valence-electron chi connectivity index (χ1n) is 5.38. The van der Waals surface area contributed by atoms with E-state index in [1.54, 1.807) is 60.7 Å².